The number of piperidine rings is 1. The highest BCUT2D eigenvalue weighted by molar-refractivity contribution is 5.99. The average molecular weight is 196 g/mol. The van der Waals surface area contributed by atoms with Gasteiger partial charge in [-0.25, -0.2) is 0 Å². The summed E-state index contributed by atoms with van der Waals surface area (Å²) in [6.45, 7) is 3.90. The molecule has 2 unspecified atom stereocenters. The van der Waals surface area contributed by atoms with E-state index in [0.717, 1.165) is 6.42 Å². The van der Waals surface area contributed by atoms with Gasteiger partial charge in [0.2, 0.25) is 11.8 Å². The molecule has 4 heteroatoms. The summed E-state index contributed by atoms with van der Waals surface area (Å²) in [7, 11) is 0. The van der Waals surface area contributed by atoms with Gasteiger partial charge in [-0.1, -0.05) is 13.8 Å². The third-order valence-corrected chi connectivity index (χ3v) is 2.93. The van der Waals surface area contributed by atoms with Crippen LogP contribution in [0.4, 0.5) is 0 Å². The molecule has 2 fully saturated rings. The van der Waals surface area contributed by atoms with E-state index in [9.17, 15) is 9.59 Å². The second-order valence-corrected chi connectivity index (χ2v) is 5.14. The van der Waals surface area contributed by atoms with E-state index in [2.05, 4.69) is 0 Å². The van der Waals surface area contributed by atoms with Crippen molar-refractivity contribution >= 4 is 11.8 Å². The molecule has 0 radical (unpaired) electrons. The Morgan fingerprint density at radius 3 is 2.07 bits per heavy atom. The molecule has 0 spiro atoms. The van der Waals surface area contributed by atoms with Gasteiger partial charge in [0.05, 0.1) is 6.04 Å². The molecule has 0 aromatic heterocycles. The first-order chi connectivity index (χ1) is 6.41. The van der Waals surface area contributed by atoms with Crippen molar-refractivity contribution in [1.29, 1.82) is 0 Å². The zero-order valence-electron chi connectivity index (χ0n) is 8.62. The van der Waals surface area contributed by atoms with Crippen molar-refractivity contribution in [2.45, 2.75) is 45.2 Å². The van der Waals surface area contributed by atoms with Crippen molar-refractivity contribution in [2.75, 3.05) is 0 Å². The summed E-state index contributed by atoms with van der Waals surface area (Å²) in [5.41, 5.74) is 5.47. The summed E-state index contributed by atoms with van der Waals surface area (Å²) in [5.74, 6) is -0.103. The highest BCUT2D eigenvalue weighted by atomic mass is 16.2. The molecule has 0 aromatic carbocycles. The van der Waals surface area contributed by atoms with Crippen LogP contribution in [0.25, 0.3) is 0 Å². The van der Waals surface area contributed by atoms with Crippen LogP contribution in [0.2, 0.25) is 0 Å². The first kappa shape index (κ1) is 9.65. The van der Waals surface area contributed by atoms with Crippen LogP contribution in [-0.2, 0) is 9.59 Å². The van der Waals surface area contributed by atoms with Crippen molar-refractivity contribution in [2.24, 2.45) is 11.1 Å². The van der Waals surface area contributed by atoms with Gasteiger partial charge in [-0.3, -0.25) is 14.5 Å². The quantitative estimate of drug-likeness (QED) is 0.612. The maximum atomic E-state index is 11.7. The number of rotatable bonds is 1. The summed E-state index contributed by atoms with van der Waals surface area (Å²) in [5, 5.41) is 0. The van der Waals surface area contributed by atoms with E-state index in [4.69, 9.17) is 5.73 Å². The smallest absolute Gasteiger partial charge is 0.230 e. The molecule has 1 saturated heterocycles. The van der Waals surface area contributed by atoms with E-state index in [1.807, 2.05) is 13.8 Å². The van der Waals surface area contributed by atoms with E-state index in [1.54, 1.807) is 0 Å². The number of nitrogens with zero attached hydrogens (tertiary/aromatic N) is 1. The lowest BCUT2D eigenvalue weighted by Gasteiger charge is -2.34. The summed E-state index contributed by atoms with van der Waals surface area (Å²) in [6, 6.07) is 0.00946. The lowest BCUT2D eigenvalue weighted by Crippen LogP contribution is -2.48. The van der Waals surface area contributed by atoms with Crippen LogP contribution < -0.4 is 5.73 Å². The maximum absolute atomic E-state index is 11.7. The molecule has 1 aliphatic carbocycles. The Balaban J connectivity index is 2.13. The zero-order chi connectivity index (χ0) is 10.5. The van der Waals surface area contributed by atoms with Crippen molar-refractivity contribution in [3.63, 3.8) is 0 Å². The van der Waals surface area contributed by atoms with Crippen LogP contribution in [0.15, 0.2) is 0 Å². The third kappa shape index (κ3) is 1.54. The molecule has 1 saturated carbocycles. The summed E-state index contributed by atoms with van der Waals surface area (Å²) >= 11 is 0. The highest BCUT2D eigenvalue weighted by Gasteiger charge is 2.48. The monoisotopic (exact) mass is 196 g/mol. The molecule has 2 aliphatic rings. The number of amides is 2. The van der Waals surface area contributed by atoms with Crippen LogP contribution in [0.3, 0.4) is 0 Å². The highest BCUT2D eigenvalue weighted by Crippen LogP contribution is 2.36. The molecule has 2 rings (SSSR count). The Kier molecular flexibility index (Phi) is 1.93. The van der Waals surface area contributed by atoms with Gasteiger partial charge < -0.3 is 5.73 Å². The van der Waals surface area contributed by atoms with Gasteiger partial charge in [-0.05, 0) is 11.8 Å². The van der Waals surface area contributed by atoms with Gasteiger partial charge in [0.1, 0.15) is 0 Å². The Hall–Kier alpha value is -0.900. The Morgan fingerprint density at radius 1 is 1.29 bits per heavy atom. The van der Waals surface area contributed by atoms with E-state index >= 15 is 0 Å². The standard InChI is InChI=1S/C10H16N2O2/c1-10(2)4-8(13)12(9(14)5-10)7-3-6(7)11/h6-7H,3-5,11H2,1-2H3. The summed E-state index contributed by atoms with van der Waals surface area (Å²) < 4.78 is 0. The molecule has 0 aromatic rings. The molecular formula is C10H16N2O2. The average Bonchev–Trinajstić information content (AvgIpc) is 2.61. The number of hydrogen-bond donors (Lipinski definition) is 1. The van der Waals surface area contributed by atoms with Crippen LogP contribution >= 0.6 is 0 Å². The molecule has 78 valence electrons. The molecule has 2 N–H and O–H groups in total. The molecule has 4 nitrogen and oxygen atoms in total. The van der Waals surface area contributed by atoms with Crippen molar-refractivity contribution in [1.82, 2.24) is 4.90 Å². The number of hydrogen-bond acceptors (Lipinski definition) is 3. The molecule has 1 aliphatic heterocycles. The van der Waals surface area contributed by atoms with E-state index < -0.39 is 0 Å². The molecule has 2 amide bonds. The van der Waals surface area contributed by atoms with Gasteiger partial charge in [0.25, 0.3) is 0 Å². The van der Waals surface area contributed by atoms with Crippen LogP contribution in [-0.4, -0.2) is 28.8 Å². The number of imide groups is 1. The van der Waals surface area contributed by atoms with Crippen molar-refractivity contribution in [3.8, 4) is 0 Å². The van der Waals surface area contributed by atoms with Crippen LogP contribution in [0, 0.1) is 5.41 Å². The number of carbonyl (C=O) groups excluding carboxylic acids is 2. The Morgan fingerprint density at radius 2 is 1.71 bits per heavy atom. The SMILES string of the molecule is CC1(C)CC(=O)N(C2CC2N)C(=O)C1. The number of carbonyl (C=O) groups is 2. The Bertz CT molecular complexity index is 278. The minimum Gasteiger partial charge on any atom is -0.326 e. The van der Waals surface area contributed by atoms with E-state index in [1.165, 1.54) is 4.90 Å². The normalized spacial score (nSPS) is 36.1. The van der Waals surface area contributed by atoms with E-state index in [0.29, 0.717) is 12.8 Å². The fraction of sp³-hybridized carbons (Fsp3) is 0.800. The summed E-state index contributed by atoms with van der Waals surface area (Å²) in [6.07, 6.45) is 1.70. The first-order valence-corrected chi connectivity index (χ1v) is 5.01. The fourth-order valence-electron chi connectivity index (χ4n) is 2.06. The van der Waals surface area contributed by atoms with Gasteiger partial charge >= 0.3 is 0 Å². The first-order valence-electron chi connectivity index (χ1n) is 5.01. The van der Waals surface area contributed by atoms with Crippen LogP contribution in [0.5, 0.6) is 0 Å². The lowest BCUT2D eigenvalue weighted by atomic mass is 9.81. The minimum atomic E-state index is -0.177. The van der Waals surface area contributed by atoms with Crippen molar-refractivity contribution in [3.05, 3.63) is 0 Å². The number of nitrogens with two attached hydrogens (primary N) is 1. The van der Waals surface area contributed by atoms with Crippen LogP contribution in [0.1, 0.15) is 33.1 Å². The second kappa shape index (κ2) is 2.79. The van der Waals surface area contributed by atoms with Crippen molar-refractivity contribution < 1.29 is 9.59 Å². The predicted octanol–water partition coefficient (Wildman–Crippen LogP) is 0.261. The van der Waals surface area contributed by atoms with E-state index in [-0.39, 0.29) is 29.3 Å². The summed E-state index contributed by atoms with van der Waals surface area (Å²) in [4.78, 5) is 24.8. The zero-order valence-corrected chi connectivity index (χ0v) is 8.62. The van der Waals surface area contributed by atoms with Gasteiger partial charge in [-0.2, -0.15) is 0 Å². The molecule has 1 heterocycles. The topological polar surface area (TPSA) is 63.4 Å². The Labute approximate surface area is 83.4 Å². The predicted molar refractivity (Wildman–Crippen MR) is 51.2 cm³/mol. The molecule has 14 heavy (non-hydrogen) atoms. The molecule has 2 atom stereocenters. The lowest BCUT2D eigenvalue weighted by molar-refractivity contribution is -0.153. The third-order valence-electron chi connectivity index (χ3n) is 2.93. The fourth-order valence-corrected chi connectivity index (χ4v) is 2.06. The minimum absolute atomic E-state index is 0.00824. The van der Waals surface area contributed by atoms with Gasteiger partial charge in [0.15, 0.2) is 0 Å². The molecule has 0 bridgehead atoms. The van der Waals surface area contributed by atoms with Gasteiger partial charge in [0, 0.05) is 18.9 Å². The largest absolute Gasteiger partial charge is 0.326 e. The second-order valence-electron chi connectivity index (χ2n) is 5.14. The molecular weight excluding hydrogens is 180 g/mol. The maximum Gasteiger partial charge on any atom is 0.230 e. The number of likely N-dealkylation sites (tertiary alicyclic amines) is 1. The van der Waals surface area contributed by atoms with Gasteiger partial charge in [-0.15, -0.1) is 0 Å².